The van der Waals surface area contributed by atoms with Gasteiger partial charge in [-0.3, -0.25) is 4.79 Å². The highest BCUT2D eigenvalue weighted by atomic mass is 79.9. The van der Waals surface area contributed by atoms with E-state index in [9.17, 15) is 4.79 Å². The molecule has 0 aliphatic heterocycles. The average Bonchev–Trinajstić information content (AvgIpc) is 2.31. The molecule has 1 aromatic heterocycles. The summed E-state index contributed by atoms with van der Waals surface area (Å²) < 4.78 is 1.38. The standard InChI is InChI=1S/C11H9BrN2O/c12-8-14-11(15)7-6-10(13-14)9-4-2-1-3-5-9/h1-7H,8H2. The summed E-state index contributed by atoms with van der Waals surface area (Å²) in [7, 11) is 0. The zero-order chi connectivity index (χ0) is 10.7. The fourth-order valence-electron chi connectivity index (χ4n) is 1.30. The first-order chi connectivity index (χ1) is 7.31. The van der Waals surface area contributed by atoms with E-state index in [2.05, 4.69) is 21.0 Å². The van der Waals surface area contributed by atoms with Crippen molar-refractivity contribution in [2.75, 3.05) is 0 Å². The molecule has 0 amide bonds. The van der Waals surface area contributed by atoms with Gasteiger partial charge in [0, 0.05) is 11.6 Å². The Morgan fingerprint density at radius 3 is 2.53 bits per heavy atom. The lowest BCUT2D eigenvalue weighted by molar-refractivity contribution is 0.704. The van der Waals surface area contributed by atoms with Crippen molar-refractivity contribution >= 4 is 15.9 Å². The molecular weight excluding hydrogens is 256 g/mol. The van der Waals surface area contributed by atoms with Crippen LogP contribution >= 0.6 is 15.9 Å². The van der Waals surface area contributed by atoms with E-state index < -0.39 is 0 Å². The minimum atomic E-state index is -0.105. The molecule has 1 heterocycles. The Kier molecular flexibility index (Phi) is 2.97. The minimum Gasteiger partial charge on any atom is -0.268 e. The van der Waals surface area contributed by atoms with Gasteiger partial charge in [-0.1, -0.05) is 46.3 Å². The summed E-state index contributed by atoms with van der Waals surface area (Å²) in [6, 6.07) is 13.0. The van der Waals surface area contributed by atoms with E-state index in [1.54, 1.807) is 6.07 Å². The zero-order valence-corrected chi connectivity index (χ0v) is 9.52. The summed E-state index contributed by atoms with van der Waals surface area (Å²) in [5.41, 5.74) is 2.11. The predicted octanol–water partition coefficient (Wildman–Crippen LogP) is 2.26. The lowest BCUT2D eigenvalue weighted by Gasteiger charge is -2.03. The van der Waals surface area contributed by atoms with Gasteiger partial charge in [0.1, 0.15) is 0 Å². The Hall–Kier alpha value is -1.42. The lowest BCUT2D eigenvalue weighted by atomic mass is 10.1. The molecule has 0 aliphatic rings. The highest BCUT2D eigenvalue weighted by molar-refractivity contribution is 9.08. The van der Waals surface area contributed by atoms with Crippen molar-refractivity contribution in [3.8, 4) is 11.3 Å². The third-order valence-electron chi connectivity index (χ3n) is 2.05. The van der Waals surface area contributed by atoms with Crippen LogP contribution < -0.4 is 5.56 Å². The van der Waals surface area contributed by atoms with Gasteiger partial charge in [0.2, 0.25) is 0 Å². The second-order valence-electron chi connectivity index (χ2n) is 3.04. The quantitative estimate of drug-likeness (QED) is 0.781. The summed E-state index contributed by atoms with van der Waals surface area (Å²) in [5, 5.41) is 4.22. The fourth-order valence-corrected chi connectivity index (χ4v) is 1.66. The molecule has 0 unspecified atom stereocenters. The molecule has 4 heteroatoms. The van der Waals surface area contributed by atoms with Crippen LogP contribution in [0.2, 0.25) is 0 Å². The number of halogens is 1. The van der Waals surface area contributed by atoms with E-state index in [0.717, 1.165) is 11.3 Å². The molecule has 3 nitrogen and oxygen atoms in total. The predicted molar refractivity (Wildman–Crippen MR) is 62.9 cm³/mol. The van der Waals surface area contributed by atoms with Gasteiger partial charge in [0.25, 0.3) is 5.56 Å². The number of hydrogen-bond acceptors (Lipinski definition) is 2. The van der Waals surface area contributed by atoms with E-state index in [-0.39, 0.29) is 5.56 Å². The zero-order valence-electron chi connectivity index (χ0n) is 7.93. The smallest absolute Gasteiger partial charge is 0.267 e. The molecular formula is C11H9BrN2O. The molecule has 0 radical (unpaired) electrons. The maximum atomic E-state index is 11.3. The molecule has 76 valence electrons. The molecule has 15 heavy (non-hydrogen) atoms. The third kappa shape index (κ3) is 2.15. The lowest BCUT2D eigenvalue weighted by Crippen LogP contribution is -2.19. The Morgan fingerprint density at radius 1 is 1.13 bits per heavy atom. The van der Waals surface area contributed by atoms with Crippen LogP contribution in [0.5, 0.6) is 0 Å². The number of alkyl halides is 1. The van der Waals surface area contributed by atoms with Crippen molar-refractivity contribution in [2.45, 2.75) is 5.45 Å². The van der Waals surface area contributed by atoms with Gasteiger partial charge >= 0.3 is 0 Å². The maximum Gasteiger partial charge on any atom is 0.267 e. The van der Waals surface area contributed by atoms with Gasteiger partial charge in [0.05, 0.1) is 11.1 Å². The van der Waals surface area contributed by atoms with Gasteiger partial charge in [-0.15, -0.1) is 0 Å². The van der Waals surface area contributed by atoms with Gasteiger partial charge in [0.15, 0.2) is 0 Å². The molecule has 0 saturated heterocycles. The first-order valence-electron chi connectivity index (χ1n) is 4.51. The second kappa shape index (κ2) is 4.40. The number of benzene rings is 1. The minimum absolute atomic E-state index is 0.105. The van der Waals surface area contributed by atoms with Crippen molar-refractivity contribution < 1.29 is 0 Å². The van der Waals surface area contributed by atoms with Crippen molar-refractivity contribution in [1.82, 2.24) is 9.78 Å². The molecule has 1 aromatic carbocycles. The van der Waals surface area contributed by atoms with Crippen LogP contribution in [-0.4, -0.2) is 9.78 Å². The Balaban J connectivity index is 2.51. The number of hydrogen-bond donors (Lipinski definition) is 0. The van der Waals surface area contributed by atoms with Crippen molar-refractivity contribution in [2.24, 2.45) is 0 Å². The van der Waals surface area contributed by atoms with Gasteiger partial charge < -0.3 is 0 Å². The summed E-state index contributed by atoms with van der Waals surface area (Å²) >= 11 is 3.22. The van der Waals surface area contributed by atoms with Crippen LogP contribution in [0.25, 0.3) is 11.3 Å². The molecule has 0 bridgehead atoms. The molecule has 0 N–H and O–H groups in total. The van der Waals surface area contributed by atoms with Crippen LogP contribution in [0.3, 0.4) is 0 Å². The van der Waals surface area contributed by atoms with E-state index in [1.165, 1.54) is 10.7 Å². The molecule has 0 aliphatic carbocycles. The van der Waals surface area contributed by atoms with Gasteiger partial charge in [-0.2, -0.15) is 5.10 Å². The second-order valence-corrected chi connectivity index (χ2v) is 3.54. The maximum absolute atomic E-state index is 11.3. The summed E-state index contributed by atoms with van der Waals surface area (Å²) in [6.45, 7) is 0. The monoisotopic (exact) mass is 264 g/mol. The van der Waals surface area contributed by atoms with Crippen LogP contribution in [0, 0.1) is 0 Å². The molecule has 0 fully saturated rings. The van der Waals surface area contributed by atoms with Crippen LogP contribution in [0.1, 0.15) is 0 Å². The topological polar surface area (TPSA) is 34.9 Å². The molecule has 2 rings (SSSR count). The van der Waals surface area contributed by atoms with E-state index in [1.807, 2.05) is 30.3 Å². The summed E-state index contributed by atoms with van der Waals surface area (Å²) in [6.07, 6.45) is 0. The van der Waals surface area contributed by atoms with Gasteiger partial charge in [-0.25, -0.2) is 4.68 Å². The molecule has 2 aromatic rings. The van der Waals surface area contributed by atoms with E-state index >= 15 is 0 Å². The first kappa shape index (κ1) is 10.1. The first-order valence-corrected chi connectivity index (χ1v) is 5.63. The SMILES string of the molecule is O=c1ccc(-c2ccccc2)nn1CBr. The third-order valence-corrected chi connectivity index (χ3v) is 2.52. The fraction of sp³-hybridized carbons (Fsp3) is 0.0909. The molecule has 0 saturated carbocycles. The summed E-state index contributed by atoms with van der Waals surface area (Å²) in [4.78, 5) is 11.3. The number of aromatic nitrogens is 2. The number of rotatable bonds is 2. The molecule has 0 atom stereocenters. The van der Waals surface area contributed by atoms with Crippen LogP contribution in [0.4, 0.5) is 0 Å². The molecule has 0 spiro atoms. The van der Waals surface area contributed by atoms with Crippen molar-refractivity contribution in [3.05, 3.63) is 52.8 Å². The summed E-state index contributed by atoms with van der Waals surface area (Å²) in [5.74, 6) is 0. The van der Waals surface area contributed by atoms with E-state index in [4.69, 9.17) is 0 Å². The van der Waals surface area contributed by atoms with Gasteiger partial charge in [-0.05, 0) is 6.07 Å². The Labute approximate surface area is 95.5 Å². The normalized spacial score (nSPS) is 10.2. The number of nitrogens with zero attached hydrogens (tertiary/aromatic N) is 2. The Morgan fingerprint density at radius 2 is 1.87 bits per heavy atom. The van der Waals surface area contributed by atoms with Crippen LogP contribution in [0.15, 0.2) is 47.3 Å². The highest BCUT2D eigenvalue weighted by Gasteiger charge is 2.00. The van der Waals surface area contributed by atoms with Crippen molar-refractivity contribution in [3.63, 3.8) is 0 Å². The van der Waals surface area contributed by atoms with Crippen LogP contribution in [-0.2, 0) is 5.45 Å². The largest absolute Gasteiger partial charge is 0.268 e. The Bertz CT molecular complexity index is 507. The highest BCUT2D eigenvalue weighted by Crippen LogP contribution is 2.13. The average molecular weight is 265 g/mol. The van der Waals surface area contributed by atoms with E-state index in [0.29, 0.717) is 5.45 Å². The van der Waals surface area contributed by atoms with Crippen molar-refractivity contribution in [1.29, 1.82) is 0 Å².